The van der Waals surface area contributed by atoms with E-state index in [0.717, 1.165) is 28.6 Å². The van der Waals surface area contributed by atoms with Crippen LogP contribution >= 0.6 is 11.6 Å². The first-order valence-electron chi connectivity index (χ1n) is 6.60. The number of benzene rings is 2. The predicted molar refractivity (Wildman–Crippen MR) is 79.3 cm³/mol. The molecule has 104 valence electrons. The summed E-state index contributed by atoms with van der Waals surface area (Å²) in [5.41, 5.74) is 2.32. The van der Waals surface area contributed by atoms with E-state index in [0.29, 0.717) is 6.79 Å². The summed E-state index contributed by atoms with van der Waals surface area (Å²) in [5, 5.41) is 4.24. The molecular formula is C16H16ClNO2. The molecule has 0 fully saturated rings. The number of halogens is 1. The first-order chi connectivity index (χ1) is 9.74. The van der Waals surface area contributed by atoms with Crippen LogP contribution in [0.2, 0.25) is 5.02 Å². The summed E-state index contributed by atoms with van der Waals surface area (Å²) in [4.78, 5) is 0. The number of hydrogen-bond acceptors (Lipinski definition) is 3. The van der Waals surface area contributed by atoms with Gasteiger partial charge in [0.25, 0.3) is 0 Å². The van der Waals surface area contributed by atoms with Crippen LogP contribution in [0.25, 0.3) is 0 Å². The van der Waals surface area contributed by atoms with Gasteiger partial charge in [-0.2, -0.15) is 0 Å². The van der Waals surface area contributed by atoms with Crippen LogP contribution in [-0.4, -0.2) is 6.79 Å². The highest BCUT2D eigenvalue weighted by molar-refractivity contribution is 6.30. The summed E-state index contributed by atoms with van der Waals surface area (Å²) >= 11 is 5.90. The molecule has 2 aromatic carbocycles. The van der Waals surface area contributed by atoms with Crippen molar-refractivity contribution in [3.63, 3.8) is 0 Å². The molecule has 3 rings (SSSR count). The summed E-state index contributed by atoms with van der Waals surface area (Å²) in [6.45, 7) is 3.17. The Hall–Kier alpha value is -1.71. The number of fused-ring (bicyclic) bond motifs is 1. The summed E-state index contributed by atoms with van der Waals surface area (Å²) in [6.07, 6.45) is 0. The van der Waals surface area contributed by atoms with Gasteiger partial charge in [0.05, 0.1) is 0 Å². The average molecular weight is 290 g/mol. The summed E-state index contributed by atoms with van der Waals surface area (Å²) in [6, 6.07) is 14.1. The van der Waals surface area contributed by atoms with Gasteiger partial charge in [0.2, 0.25) is 6.79 Å². The molecule has 1 aliphatic heterocycles. The van der Waals surface area contributed by atoms with E-state index in [1.807, 2.05) is 36.4 Å². The van der Waals surface area contributed by atoms with Crippen molar-refractivity contribution in [2.45, 2.75) is 19.5 Å². The number of nitrogens with one attached hydrogen (secondary N) is 1. The molecule has 1 aliphatic rings. The lowest BCUT2D eigenvalue weighted by molar-refractivity contribution is 0.173. The minimum atomic E-state index is 0.241. The minimum Gasteiger partial charge on any atom is -0.454 e. The number of para-hydroxylation sites is 1. The number of ether oxygens (including phenoxy) is 2. The Morgan fingerprint density at radius 1 is 1.15 bits per heavy atom. The van der Waals surface area contributed by atoms with Gasteiger partial charge in [-0.1, -0.05) is 35.9 Å². The average Bonchev–Trinajstić information content (AvgIpc) is 2.94. The summed E-state index contributed by atoms with van der Waals surface area (Å²) in [7, 11) is 0. The first-order valence-corrected chi connectivity index (χ1v) is 6.98. The molecular weight excluding hydrogens is 274 g/mol. The van der Waals surface area contributed by atoms with Crippen LogP contribution in [-0.2, 0) is 6.54 Å². The van der Waals surface area contributed by atoms with Gasteiger partial charge >= 0.3 is 0 Å². The number of hydrogen-bond donors (Lipinski definition) is 1. The third-order valence-corrected chi connectivity index (χ3v) is 3.70. The lowest BCUT2D eigenvalue weighted by Crippen LogP contribution is -2.18. The molecule has 0 aliphatic carbocycles. The smallest absolute Gasteiger partial charge is 0.231 e. The molecule has 0 radical (unpaired) electrons. The largest absolute Gasteiger partial charge is 0.454 e. The van der Waals surface area contributed by atoms with E-state index in [9.17, 15) is 0 Å². The lowest BCUT2D eigenvalue weighted by atomic mass is 10.1. The molecule has 3 nitrogen and oxygen atoms in total. The topological polar surface area (TPSA) is 30.5 Å². The lowest BCUT2D eigenvalue weighted by Gasteiger charge is -2.15. The molecule has 0 amide bonds. The highest BCUT2D eigenvalue weighted by atomic mass is 35.5. The van der Waals surface area contributed by atoms with Gasteiger partial charge in [-0.25, -0.2) is 0 Å². The second kappa shape index (κ2) is 5.73. The van der Waals surface area contributed by atoms with E-state index >= 15 is 0 Å². The monoisotopic (exact) mass is 289 g/mol. The van der Waals surface area contributed by atoms with Gasteiger partial charge in [0, 0.05) is 23.2 Å². The fourth-order valence-corrected chi connectivity index (χ4v) is 2.39. The fraction of sp³-hybridized carbons (Fsp3) is 0.250. The van der Waals surface area contributed by atoms with Crippen molar-refractivity contribution in [1.82, 2.24) is 5.32 Å². The quantitative estimate of drug-likeness (QED) is 0.925. The van der Waals surface area contributed by atoms with Gasteiger partial charge in [-0.3, -0.25) is 0 Å². The normalized spacial score (nSPS) is 14.3. The van der Waals surface area contributed by atoms with Crippen LogP contribution in [0.15, 0.2) is 42.5 Å². The molecule has 1 N–H and O–H groups in total. The first kappa shape index (κ1) is 13.3. The Morgan fingerprint density at radius 2 is 1.95 bits per heavy atom. The molecule has 1 heterocycles. The van der Waals surface area contributed by atoms with Gasteiger partial charge in [-0.05, 0) is 30.7 Å². The van der Waals surface area contributed by atoms with Crippen LogP contribution in [0.5, 0.6) is 11.5 Å². The molecule has 4 heteroatoms. The van der Waals surface area contributed by atoms with Crippen LogP contribution in [0.1, 0.15) is 24.1 Å². The van der Waals surface area contributed by atoms with Crippen LogP contribution in [0, 0.1) is 0 Å². The van der Waals surface area contributed by atoms with E-state index in [1.165, 1.54) is 5.56 Å². The molecule has 0 bridgehead atoms. The Kier molecular flexibility index (Phi) is 3.81. The zero-order valence-electron chi connectivity index (χ0n) is 11.2. The van der Waals surface area contributed by atoms with Crippen molar-refractivity contribution in [2.24, 2.45) is 0 Å². The van der Waals surface area contributed by atoms with Gasteiger partial charge in [0.1, 0.15) is 0 Å². The molecule has 1 atom stereocenters. The van der Waals surface area contributed by atoms with Crippen molar-refractivity contribution in [3.8, 4) is 11.5 Å². The van der Waals surface area contributed by atoms with Crippen molar-refractivity contribution >= 4 is 11.6 Å². The standard InChI is InChI=1S/C16H16ClNO2/c1-11(12-5-7-14(17)8-6-12)18-9-13-3-2-4-15-16(13)20-10-19-15/h2-8,11,18H,9-10H2,1H3/t11-/m1/s1. The zero-order valence-corrected chi connectivity index (χ0v) is 12.0. The van der Waals surface area contributed by atoms with E-state index in [-0.39, 0.29) is 6.04 Å². The molecule has 0 saturated heterocycles. The molecule has 0 aromatic heterocycles. The highest BCUT2D eigenvalue weighted by Gasteiger charge is 2.17. The second-order valence-corrected chi connectivity index (χ2v) is 5.24. The van der Waals surface area contributed by atoms with E-state index < -0.39 is 0 Å². The van der Waals surface area contributed by atoms with Crippen molar-refractivity contribution in [2.75, 3.05) is 6.79 Å². The molecule has 20 heavy (non-hydrogen) atoms. The van der Waals surface area contributed by atoms with E-state index in [4.69, 9.17) is 21.1 Å². The summed E-state index contributed by atoms with van der Waals surface area (Å²) in [5.74, 6) is 1.67. The van der Waals surface area contributed by atoms with Gasteiger partial charge < -0.3 is 14.8 Å². The van der Waals surface area contributed by atoms with Gasteiger partial charge in [0.15, 0.2) is 11.5 Å². The third-order valence-electron chi connectivity index (χ3n) is 3.45. The highest BCUT2D eigenvalue weighted by Crippen LogP contribution is 2.35. The third kappa shape index (κ3) is 2.74. The summed E-state index contributed by atoms with van der Waals surface area (Å²) < 4.78 is 10.9. The van der Waals surface area contributed by atoms with E-state index in [2.05, 4.69) is 18.3 Å². The van der Waals surface area contributed by atoms with Crippen molar-refractivity contribution < 1.29 is 9.47 Å². The molecule has 0 saturated carbocycles. The minimum absolute atomic E-state index is 0.241. The Bertz CT molecular complexity index is 598. The molecule has 0 unspecified atom stereocenters. The maximum atomic E-state index is 5.90. The Morgan fingerprint density at radius 3 is 2.75 bits per heavy atom. The van der Waals surface area contributed by atoms with Crippen LogP contribution in [0.4, 0.5) is 0 Å². The zero-order chi connectivity index (χ0) is 13.9. The van der Waals surface area contributed by atoms with Crippen molar-refractivity contribution in [1.29, 1.82) is 0 Å². The van der Waals surface area contributed by atoms with E-state index in [1.54, 1.807) is 0 Å². The maximum Gasteiger partial charge on any atom is 0.231 e. The Labute approximate surface area is 123 Å². The molecule has 2 aromatic rings. The van der Waals surface area contributed by atoms with Crippen LogP contribution < -0.4 is 14.8 Å². The number of rotatable bonds is 4. The Balaban J connectivity index is 1.68. The fourth-order valence-electron chi connectivity index (χ4n) is 2.26. The van der Waals surface area contributed by atoms with Gasteiger partial charge in [-0.15, -0.1) is 0 Å². The maximum absolute atomic E-state index is 5.90. The van der Waals surface area contributed by atoms with Crippen LogP contribution in [0.3, 0.4) is 0 Å². The second-order valence-electron chi connectivity index (χ2n) is 4.81. The molecule has 0 spiro atoms. The predicted octanol–water partition coefficient (Wildman–Crippen LogP) is 3.92. The van der Waals surface area contributed by atoms with Crippen molar-refractivity contribution in [3.05, 3.63) is 58.6 Å². The SMILES string of the molecule is C[C@@H](NCc1cccc2c1OCO2)c1ccc(Cl)cc1.